The smallest absolute Gasteiger partial charge is 0.243 e. The third kappa shape index (κ3) is 5.72. The number of nitrogens with one attached hydrogen (secondary N) is 1. The van der Waals surface area contributed by atoms with E-state index in [0.29, 0.717) is 31.9 Å². The minimum Gasteiger partial charge on any atom is -0.383 e. The van der Waals surface area contributed by atoms with Crippen LogP contribution >= 0.6 is 11.8 Å². The summed E-state index contributed by atoms with van der Waals surface area (Å²) >= 11 is 1.39. The molecule has 10 heteroatoms. The highest BCUT2D eigenvalue weighted by atomic mass is 32.2. The van der Waals surface area contributed by atoms with Crippen molar-refractivity contribution in [1.29, 1.82) is 0 Å². The van der Waals surface area contributed by atoms with E-state index in [1.807, 2.05) is 20.8 Å². The SMILES string of the molecule is COCCn1c(SC(C)C(=O)Nc2ccc(S(=O)(=O)N3CCCCC3)cc2)nc(C)c1C. The van der Waals surface area contributed by atoms with Crippen LogP contribution in [0.4, 0.5) is 5.69 Å². The Labute approximate surface area is 194 Å². The molecule has 3 rings (SSSR count). The highest BCUT2D eigenvalue weighted by molar-refractivity contribution is 8.00. The van der Waals surface area contributed by atoms with Gasteiger partial charge in [0.1, 0.15) is 0 Å². The zero-order valence-corrected chi connectivity index (χ0v) is 20.8. The predicted octanol–water partition coefficient (Wildman–Crippen LogP) is 3.44. The molecule has 0 aliphatic carbocycles. The molecule has 0 saturated carbocycles. The minimum atomic E-state index is -3.48. The molecular weight excluding hydrogens is 448 g/mol. The molecule has 1 fully saturated rings. The maximum atomic E-state index is 12.8. The van der Waals surface area contributed by atoms with Crippen LogP contribution in [0.3, 0.4) is 0 Å². The normalized spacial score (nSPS) is 16.1. The van der Waals surface area contributed by atoms with Crippen molar-refractivity contribution >= 4 is 33.4 Å². The number of amides is 1. The van der Waals surface area contributed by atoms with Crippen molar-refractivity contribution in [2.45, 2.75) is 61.9 Å². The van der Waals surface area contributed by atoms with E-state index in [1.54, 1.807) is 35.7 Å². The van der Waals surface area contributed by atoms with E-state index in [4.69, 9.17) is 4.74 Å². The Bertz CT molecular complexity index is 1030. The molecule has 176 valence electrons. The van der Waals surface area contributed by atoms with Gasteiger partial charge in [0.15, 0.2) is 5.16 Å². The quantitative estimate of drug-likeness (QED) is 0.553. The Kier molecular flexibility index (Phi) is 8.37. The van der Waals surface area contributed by atoms with Gasteiger partial charge >= 0.3 is 0 Å². The zero-order chi connectivity index (χ0) is 23.3. The number of aryl methyl sites for hydroxylation is 1. The maximum Gasteiger partial charge on any atom is 0.243 e. The van der Waals surface area contributed by atoms with Gasteiger partial charge in [0.05, 0.1) is 22.4 Å². The topological polar surface area (TPSA) is 93.5 Å². The van der Waals surface area contributed by atoms with Gasteiger partial charge in [0.25, 0.3) is 0 Å². The number of carbonyl (C=O) groups excluding carboxylic acids is 1. The second-order valence-electron chi connectivity index (χ2n) is 7.95. The third-order valence-corrected chi connectivity index (χ3v) is 8.67. The van der Waals surface area contributed by atoms with Crippen molar-refractivity contribution in [3.05, 3.63) is 35.7 Å². The molecule has 1 unspecified atom stereocenters. The number of rotatable bonds is 9. The van der Waals surface area contributed by atoms with E-state index in [0.717, 1.165) is 35.8 Å². The number of ether oxygens (including phenoxy) is 1. The first kappa shape index (κ1) is 24.8. The molecule has 1 aromatic carbocycles. The number of carbonyl (C=O) groups is 1. The summed E-state index contributed by atoms with van der Waals surface area (Å²) in [6, 6.07) is 6.39. The predicted molar refractivity (Wildman–Crippen MR) is 127 cm³/mol. The number of aromatic nitrogens is 2. The van der Waals surface area contributed by atoms with Crippen LogP contribution in [-0.4, -0.2) is 60.2 Å². The van der Waals surface area contributed by atoms with Crippen LogP contribution in [0, 0.1) is 13.8 Å². The lowest BCUT2D eigenvalue weighted by Crippen LogP contribution is -2.35. The van der Waals surface area contributed by atoms with Crippen molar-refractivity contribution in [3.8, 4) is 0 Å². The van der Waals surface area contributed by atoms with E-state index < -0.39 is 10.0 Å². The number of piperidine rings is 1. The Morgan fingerprint density at radius 2 is 1.84 bits per heavy atom. The number of sulfonamides is 1. The van der Waals surface area contributed by atoms with Gasteiger partial charge in [-0.05, 0) is 57.9 Å². The molecule has 32 heavy (non-hydrogen) atoms. The summed E-state index contributed by atoms with van der Waals surface area (Å²) in [5.74, 6) is -0.168. The second kappa shape index (κ2) is 10.8. The van der Waals surface area contributed by atoms with Crippen LogP contribution in [-0.2, 0) is 26.1 Å². The molecule has 1 aliphatic heterocycles. The molecule has 1 aliphatic rings. The fraction of sp³-hybridized carbons (Fsp3) is 0.545. The van der Waals surface area contributed by atoms with Gasteiger partial charge < -0.3 is 14.6 Å². The Balaban J connectivity index is 1.64. The summed E-state index contributed by atoms with van der Waals surface area (Å²) in [4.78, 5) is 17.6. The molecule has 0 bridgehead atoms. The summed E-state index contributed by atoms with van der Waals surface area (Å²) < 4.78 is 34.4. The molecule has 0 radical (unpaired) electrons. The fourth-order valence-corrected chi connectivity index (χ4v) is 6.12. The van der Waals surface area contributed by atoms with Crippen molar-refractivity contribution in [1.82, 2.24) is 13.9 Å². The summed E-state index contributed by atoms with van der Waals surface area (Å²) in [5, 5.41) is 3.27. The number of nitrogens with zero attached hydrogens (tertiary/aromatic N) is 3. The number of hydrogen-bond acceptors (Lipinski definition) is 6. The molecule has 1 saturated heterocycles. The number of imidazole rings is 1. The van der Waals surface area contributed by atoms with E-state index in [1.165, 1.54) is 11.8 Å². The minimum absolute atomic E-state index is 0.168. The average molecular weight is 481 g/mol. The van der Waals surface area contributed by atoms with Crippen LogP contribution in [0.5, 0.6) is 0 Å². The molecular formula is C22H32N4O4S2. The molecule has 1 atom stereocenters. The van der Waals surface area contributed by atoms with E-state index in [-0.39, 0.29) is 16.1 Å². The van der Waals surface area contributed by atoms with E-state index in [9.17, 15) is 13.2 Å². The molecule has 0 spiro atoms. The molecule has 8 nitrogen and oxygen atoms in total. The van der Waals surface area contributed by atoms with Gasteiger partial charge in [-0.3, -0.25) is 4.79 Å². The molecule has 2 aromatic rings. The molecule has 1 amide bonds. The summed E-state index contributed by atoms with van der Waals surface area (Å²) in [6.07, 6.45) is 2.86. The number of hydrogen-bond donors (Lipinski definition) is 1. The summed E-state index contributed by atoms with van der Waals surface area (Å²) in [7, 11) is -1.83. The Hall–Kier alpha value is -1.88. The average Bonchev–Trinajstić information content (AvgIpc) is 3.05. The zero-order valence-electron chi connectivity index (χ0n) is 19.1. The van der Waals surface area contributed by atoms with Crippen LogP contribution in [0.2, 0.25) is 0 Å². The van der Waals surface area contributed by atoms with Crippen LogP contribution < -0.4 is 5.32 Å². The van der Waals surface area contributed by atoms with E-state index in [2.05, 4.69) is 14.9 Å². The first-order valence-electron chi connectivity index (χ1n) is 10.8. The lowest BCUT2D eigenvalue weighted by atomic mass is 10.2. The standard InChI is InChI=1S/C22H32N4O4S2/c1-16-17(2)26(14-15-30-4)22(23-16)31-18(3)21(27)24-19-8-10-20(11-9-19)32(28,29)25-12-6-5-7-13-25/h8-11,18H,5-7,12-15H2,1-4H3,(H,24,27). The van der Waals surface area contributed by atoms with Gasteiger partial charge in [-0.2, -0.15) is 4.31 Å². The van der Waals surface area contributed by atoms with Crippen LogP contribution in [0.1, 0.15) is 37.6 Å². The summed E-state index contributed by atoms with van der Waals surface area (Å²) in [5.41, 5.74) is 2.56. The van der Waals surface area contributed by atoms with E-state index >= 15 is 0 Å². The highest BCUT2D eigenvalue weighted by Crippen LogP contribution is 2.27. The highest BCUT2D eigenvalue weighted by Gasteiger charge is 2.26. The van der Waals surface area contributed by atoms with Crippen molar-refractivity contribution in [2.24, 2.45) is 0 Å². The third-order valence-electron chi connectivity index (χ3n) is 5.67. The number of anilines is 1. The number of thioether (sulfide) groups is 1. The first-order chi connectivity index (χ1) is 15.2. The lowest BCUT2D eigenvalue weighted by molar-refractivity contribution is -0.115. The van der Waals surface area contributed by atoms with Gasteiger partial charge in [-0.25, -0.2) is 13.4 Å². The Morgan fingerprint density at radius 1 is 1.19 bits per heavy atom. The lowest BCUT2D eigenvalue weighted by Gasteiger charge is -2.25. The monoisotopic (exact) mass is 480 g/mol. The maximum absolute atomic E-state index is 12.8. The molecule has 1 N–H and O–H groups in total. The molecule has 2 heterocycles. The largest absolute Gasteiger partial charge is 0.383 e. The van der Waals surface area contributed by atoms with Gasteiger partial charge in [0.2, 0.25) is 15.9 Å². The van der Waals surface area contributed by atoms with Crippen molar-refractivity contribution in [2.75, 3.05) is 32.1 Å². The van der Waals surface area contributed by atoms with Crippen LogP contribution in [0.25, 0.3) is 0 Å². The van der Waals surface area contributed by atoms with Crippen molar-refractivity contribution in [3.63, 3.8) is 0 Å². The van der Waals surface area contributed by atoms with Crippen molar-refractivity contribution < 1.29 is 17.9 Å². The van der Waals surface area contributed by atoms with Crippen LogP contribution in [0.15, 0.2) is 34.3 Å². The first-order valence-corrected chi connectivity index (χ1v) is 13.2. The summed E-state index contributed by atoms with van der Waals surface area (Å²) in [6.45, 7) is 8.15. The number of benzene rings is 1. The molecule has 1 aromatic heterocycles. The van der Waals surface area contributed by atoms with Gasteiger partial charge in [0, 0.05) is 38.1 Å². The second-order valence-corrected chi connectivity index (χ2v) is 11.2. The van der Waals surface area contributed by atoms with Gasteiger partial charge in [-0.15, -0.1) is 0 Å². The van der Waals surface area contributed by atoms with Gasteiger partial charge in [-0.1, -0.05) is 18.2 Å². The number of methoxy groups -OCH3 is 1. The Morgan fingerprint density at radius 3 is 2.47 bits per heavy atom. The fourth-order valence-electron chi connectivity index (χ4n) is 3.58.